The molecule has 1 fully saturated rings. The number of hydrogen-bond donors (Lipinski definition) is 1. The first kappa shape index (κ1) is 23.7. The van der Waals surface area contributed by atoms with E-state index in [1.165, 1.54) is 12.1 Å². The number of nitrogens with zero attached hydrogens (tertiary/aromatic N) is 1. The quantitative estimate of drug-likeness (QED) is 0.429. The fraction of sp³-hybridized carbons (Fsp3) is 0.333. The number of rotatable bonds is 4. The molecule has 1 unspecified atom stereocenters. The van der Waals surface area contributed by atoms with Crippen LogP contribution in [0.25, 0.3) is 0 Å². The van der Waals surface area contributed by atoms with Crippen molar-refractivity contribution < 1.29 is 22.8 Å². The molecule has 2 aromatic carbocycles. The summed E-state index contributed by atoms with van der Waals surface area (Å²) < 4.78 is 42.9. The molecule has 4 rings (SSSR count). The van der Waals surface area contributed by atoms with E-state index in [9.17, 15) is 18.0 Å². The molecule has 32 heavy (non-hydrogen) atoms. The van der Waals surface area contributed by atoms with Crippen LogP contribution in [-0.2, 0) is 10.4 Å². The molecule has 1 atom stereocenters. The number of carbonyl (C=O) groups is 1. The summed E-state index contributed by atoms with van der Waals surface area (Å²) in [4.78, 5) is 17.5. The van der Waals surface area contributed by atoms with E-state index in [2.05, 4.69) is 26.4 Å². The number of aryl methyl sites for hydroxylation is 1. The smallest absolute Gasteiger partial charge is 0.374 e. The maximum absolute atomic E-state index is 14.2. The Morgan fingerprint density at radius 3 is 2.44 bits per heavy atom. The van der Waals surface area contributed by atoms with Gasteiger partial charge >= 0.3 is 6.18 Å². The Morgan fingerprint density at radius 2 is 1.91 bits per heavy atom. The minimum Gasteiger partial charge on any atom is -0.374 e. The molecule has 2 aliphatic rings. The Balaban J connectivity index is 1.62. The van der Waals surface area contributed by atoms with Gasteiger partial charge in [-0.3, -0.25) is 4.79 Å². The van der Waals surface area contributed by atoms with Gasteiger partial charge in [-0.05, 0) is 58.2 Å². The number of benzene rings is 2. The molecule has 0 bridgehead atoms. The van der Waals surface area contributed by atoms with Gasteiger partial charge in [0.1, 0.15) is 0 Å². The molecule has 1 saturated heterocycles. The van der Waals surface area contributed by atoms with E-state index in [0.29, 0.717) is 21.2 Å². The lowest BCUT2D eigenvalue weighted by atomic mass is 9.86. The molecule has 11 heteroatoms. The summed E-state index contributed by atoms with van der Waals surface area (Å²) in [7, 11) is 0. The fourth-order valence-electron chi connectivity index (χ4n) is 3.53. The predicted molar refractivity (Wildman–Crippen MR) is 124 cm³/mol. The van der Waals surface area contributed by atoms with Crippen LogP contribution >= 0.6 is 50.9 Å². The molecule has 0 saturated carbocycles. The SMILES string of the molecule is Cc1cc(C2=NOC(c3cc(Cl)c(Br)c(Cl)c3)(C(F)(F)F)C2)ccc1C(=O)NC1CSC1. The summed E-state index contributed by atoms with van der Waals surface area (Å²) in [6.45, 7) is 1.73. The van der Waals surface area contributed by atoms with Crippen LogP contribution in [0.5, 0.6) is 0 Å². The van der Waals surface area contributed by atoms with Crippen molar-refractivity contribution >= 4 is 62.5 Å². The van der Waals surface area contributed by atoms with Crippen molar-refractivity contribution in [1.82, 2.24) is 5.32 Å². The van der Waals surface area contributed by atoms with E-state index in [0.717, 1.165) is 11.5 Å². The summed E-state index contributed by atoms with van der Waals surface area (Å²) in [6, 6.07) is 7.29. The van der Waals surface area contributed by atoms with E-state index in [4.69, 9.17) is 28.0 Å². The van der Waals surface area contributed by atoms with Gasteiger partial charge in [0.25, 0.3) is 11.5 Å². The van der Waals surface area contributed by atoms with E-state index in [-0.39, 0.29) is 33.3 Å². The average Bonchev–Trinajstić information content (AvgIpc) is 3.15. The lowest BCUT2D eigenvalue weighted by Crippen LogP contribution is -2.44. The average molecular weight is 568 g/mol. The van der Waals surface area contributed by atoms with Crippen molar-refractivity contribution in [3.05, 3.63) is 67.1 Å². The Hall–Kier alpha value is -1.42. The minimum atomic E-state index is -4.78. The van der Waals surface area contributed by atoms with Gasteiger partial charge in [0, 0.05) is 35.1 Å². The number of nitrogens with one attached hydrogen (secondary N) is 1. The number of oxime groups is 1. The van der Waals surface area contributed by atoms with Crippen molar-refractivity contribution in [3.63, 3.8) is 0 Å². The standard InChI is InChI=1S/C21H16BrCl2F3N2O2S/c1-10-4-11(2-3-14(10)19(30)28-13-8-32-9-13)17-7-20(31-29-17,21(25,26)27)12-5-15(23)18(22)16(24)6-12/h2-6,13H,7-9H2,1H3,(H,28,30). The van der Waals surface area contributed by atoms with E-state index in [1.807, 2.05) is 0 Å². The van der Waals surface area contributed by atoms with Crippen molar-refractivity contribution in [3.8, 4) is 0 Å². The second-order valence-corrected chi connectivity index (χ2v) is 10.3. The molecule has 2 heterocycles. The monoisotopic (exact) mass is 566 g/mol. The molecule has 0 aromatic heterocycles. The second kappa shape index (κ2) is 8.74. The van der Waals surface area contributed by atoms with Gasteiger partial charge in [0.15, 0.2) is 0 Å². The zero-order valence-corrected chi connectivity index (χ0v) is 20.4. The maximum Gasteiger partial charge on any atom is 0.435 e. The summed E-state index contributed by atoms with van der Waals surface area (Å²) >= 11 is 17.0. The Morgan fingerprint density at radius 1 is 1.25 bits per heavy atom. The van der Waals surface area contributed by atoms with Crippen LogP contribution < -0.4 is 5.32 Å². The predicted octanol–water partition coefficient (Wildman–Crippen LogP) is 6.49. The van der Waals surface area contributed by atoms with Gasteiger partial charge in [0.2, 0.25) is 0 Å². The van der Waals surface area contributed by atoms with Crippen LogP contribution in [0.15, 0.2) is 40.0 Å². The van der Waals surface area contributed by atoms with Crippen LogP contribution in [0.1, 0.15) is 33.5 Å². The van der Waals surface area contributed by atoms with Gasteiger partial charge in [-0.2, -0.15) is 24.9 Å². The number of amides is 1. The van der Waals surface area contributed by atoms with Crippen molar-refractivity contribution in [2.75, 3.05) is 11.5 Å². The zero-order chi connectivity index (χ0) is 23.3. The molecular formula is C21H16BrCl2F3N2O2S. The van der Waals surface area contributed by atoms with Crippen LogP contribution in [0, 0.1) is 6.92 Å². The number of hydrogen-bond acceptors (Lipinski definition) is 4. The molecule has 1 amide bonds. The number of carbonyl (C=O) groups excluding carboxylic acids is 1. The molecule has 2 aromatic rings. The number of thioether (sulfide) groups is 1. The summed E-state index contributed by atoms with van der Waals surface area (Å²) in [6.07, 6.45) is -5.34. The van der Waals surface area contributed by atoms with E-state index >= 15 is 0 Å². The summed E-state index contributed by atoms with van der Waals surface area (Å²) in [5.41, 5.74) is -1.30. The third-order valence-corrected chi connectivity index (χ3v) is 8.60. The Bertz CT molecular complexity index is 1100. The number of alkyl halides is 3. The topological polar surface area (TPSA) is 50.7 Å². The van der Waals surface area contributed by atoms with Gasteiger partial charge in [0.05, 0.1) is 20.2 Å². The lowest BCUT2D eigenvalue weighted by molar-refractivity contribution is -0.275. The van der Waals surface area contributed by atoms with Crippen molar-refractivity contribution in [2.24, 2.45) is 5.16 Å². The van der Waals surface area contributed by atoms with Gasteiger partial charge in [-0.25, -0.2) is 0 Å². The van der Waals surface area contributed by atoms with Crippen LogP contribution in [-0.4, -0.2) is 35.3 Å². The first-order valence-electron chi connectivity index (χ1n) is 9.48. The second-order valence-electron chi connectivity index (χ2n) is 7.62. The third-order valence-electron chi connectivity index (χ3n) is 5.41. The van der Waals surface area contributed by atoms with Crippen LogP contribution in [0.2, 0.25) is 10.0 Å². The van der Waals surface area contributed by atoms with Gasteiger partial charge in [-0.15, -0.1) is 0 Å². The zero-order valence-electron chi connectivity index (χ0n) is 16.5. The highest BCUT2D eigenvalue weighted by atomic mass is 79.9. The Labute approximate surface area is 205 Å². The highest BCUT2D eigenvalue weighted by molar-refractivity contribution is 9.10. The molecule has 1 N–H and O–H groups in total. The van der Waals surface area contributed by atoms with Gasteiger partial charge in [-0.1, -0.05) is 34.4 Å². The van der Waals surface area contributed by atoms with E-state index < -0.39 is 18.2 Å². The van der Waals surface area contributed by atoms with Gasteiger partial charge < -0.3 is 10.2 Å². The molecule has 0 spiro atoms. The van der Waals surface area contributed by atoms with Crippen molar-refractivity contribution in [1.29, 1.82) is 0 Å². The largest absolute Gasteiger partial charge is 0.435 e. The fourth-order valence-corrected chi connectivity index (χ4v) is 4.88. The summed E-state index contributed by atoms with van der Waals surface area (Å²) in [5.74, 6) is 1.55. The minimum absolute atomic E-state index is 0.0317. The molecule has 0 radical (unpaired) electrons. The highest BCUT2D eigenvalue weighted by Crippen LogP contribution is 2.50. The molecular weight excluding hydrogens is 552 g/mol. The first-order valence-corrected chi connectivity index (χ1v) is 12.2. The molecule has 2 aliphatic heterocycles. The molecule has 4 nitrogen and oxygen atoms in total. The maximum atomic E-state index is 14.2. The van der Waals surface area contributed by atoms with Crippen LogP contribution in [0.3, 0.4) is 0 Å². The highest BCUT2D eigenvalue weighted by Gasteiger charge is 2.62. The first-order chi connectivity index (χ1) is 15.0. The Kier molecular flexibility index (Phi) is 6.48. The van der Waals surface area contributed by atoms with Crippen LogP contribution in [0.4, 0.5) is 13.2 Å². The molecule has 170 valence electrons. The van der Waals surface area contributed by atoms with Crippen molar-refractivity contribution in [2.45, 2.75) is 31.2 Å². The normalized spacial score (nSPS) is 21.0. The summed E-state index contributed by atoms with van der Waals surface area (Å²) in [5, 5.41) is 6.77. The molecule has 0 aliphatic carbocycles. The lowest BCUT2D eigenvalue weighted by Gasteiger charge is -2.30. The number of halogens is 6. The third kappa shape index (κ3) is 4.24. The van der Waals surface area contributed by atoms with E-state index in [1.54, 1.807) is 36.9 Å².